The van der Waals surface area contributed by atoms with Gasteiger partial charge in [0, 0.05) is 5.97 Å². The summed E-state index contributed by atoms with van der Waals surface area (Å²) in [5.74, 6) is -0.894. The second-order valence-electron chi connectivity index (χ2n) is 8.60. The van der Waals surface area contributed by atoms with E-state index < -0.39 is 5.97 Å². The molecule has 0 aliphatic carbocycles. The SMILES string of the molecule is CCCCCC[N+](CCCCCC)(CCCCCC)CCCCCC(=O)[O-]. The van der Waals surface area contributed by atoms with Crippen LogP contribution in [0.3, 0.4) is 0 Å². The van der Waals surface area contributed by atoms with Crippen LogP contribution in [0.15, 0.2) is 0 Å². The van der Waals surface area contributed by atoms with Crippen molar-refractivity contribution in [1.82, 2.24) is 0 Å². The summed E-state index contributed by atoms with van der Waals surface area (Å²) in [5, 5.41) is 10.7. The molecule has 27 heavy (non-hydrogen) atoms. The lowest BCUT2D eigenvalue weighted by Gasteiger charge is -2.39. The highest BCUT2D eigenvalue weighted by atomic mass is 16.4. The van der Waals surface area contributed by atoms with Crippen molar-refractivity contribution in [3.05, 3.63) is 0 Å². The van der Waals surface area contributed by atoms with E-state index >= 15 is 0 Å². The molecule has 0 aliphatic rings. The maximum atomic E-state index is 10.7. The van der Waals surface area contributed by atoms with Crippen molar-refractivity contribution in [1.29, 1.82) is 0 Å². The molecule has 0 aromatic carbocycles. The number of rotatable bonds is 21. The molecule has 0 bridgehead atoms. The molecular formula is C24H49NO2. The van der Waals surface area contributed by atoms with Gasteiger partial charge >= 0.3 is 0 Å². The molecule has 0 unspecified atom stereocenters. The topological polar surface area (TPSA) is 40.1 Å². The molecule has 0 aromatic heterocycles. The molecule has 0 amide bonds. The highest BCUT2D eigenvalue weighted by Crippen LogP contribution is 2.19. The predicted molar refractivity (Wildman–Crippen MR) is 116 cm³/mol. The standard InChI is InChI=1S/C24H49NO2/c1-4-7-10-15-20-25(21-16-11-8-5-2,22-17-12-9-6-3)23-18-13-14-19-24(26)27/h4-23H2,1-3H3. The van der Waals surface area contributed by atoms with Crippen LogP contribution < -0.4 is 5.11 Å². The van der Waals surface area contributed by atoms with Gasteiger partial charge in [0.15, 0.2) is 0 Å². The quantitative estimate of drug-likeness (QED) is 0.184. The van der Waals surface area contributed by atoms with Crippen LogP contribution in [0.5, 0.6) is 0 Å². The number of carboxylic acid groups (broad SMARTS) is 1. The van der Waals surface area contributed by atoms with Crippen molar-refractivity contribution >= 4 is 5.97 Å². The fourth-order valence-corrected chi connectivity index (χ4v) is 4.19. The highest BCUT2D eigenvalue weighted by Gasteiger charge is 2.25. The average Bonchev–Trinajstić information content (AvgIpc) is 2.65. The van der Waals surface area contributed by atoms with Crippen molar-refractivity contribution in [2.24, 2.45) is 0 Å². The number of aliphatic carboxylic acids is 1. The highest BCUT2D eigenvalue weighted by molar-refractivity contribution is 5.63. The van der Waals surface area contributed by atoms with Crippen LogP contribution in [-0.2, 0) is 4.79 Å². The first-order chi connectivity index (χ1) is 13.1. The Balaban J connectivity index is 4.68. The molecule has 0 saturated heterocycles. The van der Waals surface area contributed by atoms with Crippen LogP contribution in [0.25, 0.3) is 0 Å². The van der Waals surface area contributed by atoms with E-state index in [1.54, 1.807) is 0 Å². The zero-order chi connectivity index (χ0) is 20.2. The first-order valence-electron chi connectivity index (χ1n) is 12.1. The Morgan fingerprint density at radius 2 is 0.889 bits per heavy atom. The third-order valence-corrected chi connectivity index (χ3v) is 5.97. The fourth-order valence-electron chi connectivity index (χ4n) is 4.19. The van der Waals surface area contributed by atoms with Gasteiger partial charge in [-0.25, -0.2) is 0 Å². The molecule has 162 valence electrons. The zero-order valence-electron chi connectivity index (χ0n) is 18.9. The van der Waals surface area contributed by atoms with Gasteiger partial charge in [-0.3, -0.25) is 0 Å². The second kappa shape index (κ2) is 18.8. The molecular weight excluding hydrogens is 334 g/mol. The molecule has 0 saturated carbocycles. The summed E-state index contributed by atoms with van der Waals surface area (Å²) in [4.78, 5) is 10.7. The van der Waals surface area contributed by atoms with Crippen LogP contribution in [0.1, 0.15) is 124 Å². The average molecular weight is 384 g/mol. The van der Waals surface area contributed by atoms with Crippen molar-refractivity contribution in [3.63, 3.8) is 0 Å². The molecule has 0 radical (unpaired) electrons. The van der Waals surface area contributed by atoms with E-state index in [2.05, 4.69) is 20.8 Å². The van der Waals surface area contributed by atoms with Crippen molar-refractivity contribution in [2.75, 3.05) is 26.2 Å². The van der Waals surface area contributed by atoms with Gasteiger partial charge < -0.3 is 14.4 Å². The van der Waals surface area contributed by atoms with Crippen LogP contribution in [-0.4, -0.2) is 36.6 Å². The largest absolute Gasteiger partial charge is 0.550 e. The lowest BCUT2D eigenvalue weighted by atomic mass is 10.1. The lowest BCUT2D eigenvalue weighted by Crippen LogP contribution is -2.50. The molecule has 0 aliphatic heterocycles. The maximum Gasteiger partial charge on any atom is 0.0786 e. The van der Waals surface area contributed by atoms with Gasteiger partial charge in [0.1, 0.15) is 0 Å². The molecule has 0 atom stereocenters. The van der Waals surface area contributed by atoms with Gasteiger partial charge in [-0.2, -0.15) is 0 Å². The lowest BCUT2D eigenvalue weighted by molar-refractivity contribution is -0.929. The summed E-state index contributed by atoms with van der Waals surface area (Å²) in [5.41, 5.74) is 0. The summed E-state index contributed by atoms with van der Waals surface area (Å²) in [6.45, 7) is 12.1. The second-order valence-corrected chi connectivity index (χ2v) is 8.60. The molecule has 3 nitrogen and oxygen atoms in total. The summed E-state index contributed by atoms with van der Waals surface area (Å²) in [6.07, 6.45) is 19.4. The smallest absolute Gasteiger partial charge is 0.0786 e. The summed E-state index contributed by atoms with van der Waals surface area (Å²) >= 11 is 0. The maximum absolute atomic E-state index is 10.7. The van der Waals surface area contributed by atoms with E-state index in [4.69, 9.17) is 0 Å². The monoisotopic (exact) mass is 383 g/mol. The third-order valence-electron chi connectivity index (χ3n) is 5.97. The van der Waals surface area contributed by atoms with Crippen LogP contribution >= 0.6 is 0 Å². The Bertz CT molecular complexity index is 299. The summed E-state index contributed by atoms with van der Waals surface area (Å²) in [6, 6.07) is 0. The number of carbonyl (C=O) groups is 1. The molecule has 0 rings (SSSR count). The van der Waals surface area contributed by atoms with Gasteiger partial charge in [-0.05, 0) is 64.2 Å². The number of hydrogen-bond donors (Lipinski definition) is 0. The van der Waals surface area contributed by atoms with Crippen LogP contribution in [0, 0.1) is 0 Å². The Morgan fingerprint density at radius 3 is 1.19 bits per heavy atom. The normalized spacial score (nSPS) is 11.8. The number of carboxylic acids is 1. The molecule has 0 spiro atoms. The van der Waals surface area contributed by atoms with E-state index in [-0.39, 0.29) is 6.42 Å². The first kappa shape index (κ1) is 26.4. The van der Waals surface area contributed by atoms with Gasteiger partial charge in [-0.15, -0.1) is 0 Å². The summed E-state index contributed by atoms with van der Waals surface area (Å²) < 4.78 is 1.29. The predicted octanol–water partition coefficient (Wildman–Crippen LogP) is 5.85. The van der Waals surface area contributed by atoms with Crippen molar-refractivity contribution in [2.45, 2.75) is 124 Å². The van der Waals surface area contributed by atoms with E-state index in [0.29, 0.717) is 0 Å². The third kappa shape index (κ3) is 16.1. The molecule has 0 aromatic rings. The first-order valence-corrected chi connectivity index (χ1v) is 12.1. The van der Waals surface area contributed by atoms with E-state index in [1.807, 2.05) is 0 Å². The minimum atomic E-state index is -0.894. The number of unbranched alkanes of at least 4 members (excludes halogenated alkanes) is 11. The Labute approximate surface area is 170 Å². The number of quaternary nitrogens is 1. The Kier molecular flexibility index (Phi) is 18.4. The van der Waals surface area contributed by atoms with E-state index in [9.17, 15) is 9.90 Å². The molecule has 0 heterocycles. The molecule has 0 fully saturated rings. The Hall–Kier alpha value is -0.570. The zero-order valence-corrected chi connectivity index (χ0v) is 18.9. The number of carbonyl (C=O) groups excluding carboxylic acids is 1. The number of hydrogen-bond acceptors (Lipinski definition) is 2. The molecule has 3 heteroatoms. The van der Waals surface area contributed by atoms with Crippen LogP contribution in [0.2, 0.25) is 0 Å². The van der Waals surface area contributed by atoms with Gasteiger partial charge in [0.25, 0.3) is 0 Å². The van der Waals surface area contributed by atoms with Crippen molar-refractivity contribution < 1.29 is 14.4 Å². The molecule has 0 N–H and O–H groups in total. The van der Waals surface area contributed by atoms with Gasteiger partial charge in [-0.1, -0.05) is 59.3 Å². The minimum absolute atomic E-state index is 0.226. The van der Waals surface area contributed by atoms with Gasteiger partial charge in [0.05, 0.1) is 26.2 Å². The number of nitrogens with zero attached hydrogens (tertiary/aromatic N) is 1. The minimum Gasteiger partial charge on any atom is -0.550 e. The van der Waals surface area contributed by atoms with E-state index in [0.717, 1.165) is 12.8 Å². The Morgan fingerprint density at radius 1 is 0.556 bits per heavy atom. The summed E-state index contributed by atoms with van der Waals surface area (Å²) in [7, 11) is 0. The van der Waals surface area contributed by atoms with E-state index in [1.165, 1.54) is 114 Å². The van der Waals surface area contributed by atoms with Crippen molar-refractivity contribution in [3.8, 4) is 0 Å². The fraction of sp³-hybridized carbons (Fsp3) is 0.958. The van der Waals surface area contributed by atoms with Gasteiger partial charge in [0.2, 0.25) is 0 Å². The van der Waals surface area contributed by atoms with Crippen LogP contribution in [0.4, 0.5) is 0 Å².